The highest BCUT2D eigenvalue weighted by Gasteiger charge is 2.26. The lowest BCUT2D eigenvalue weighted by Gasteiger charge is -2.19. The van der Waals surface area contributed by atoms with Crippen LogP contribution in [0.5, 0.6) is 0 Å². The van der Waals surface area contributed by atoms with Gasteiger partial charge in [-0.3, -0.25) is 23.4 Å². The summed E-state index contributed by atoms with van der Waals surface area (Å²) in [6.07, 6.45) is 38.0. The van der Waals surface area contributed by atoms with Gasteiger partial charge in [0, 0.05) is 25.8 Å². The largest absolute Gasteiger partial charge is 0.472 e. The summed E-state index contributed by atoms with van der Waals surface area (Å²) >= 11 is 0. The maximum Gasteiger partial charge on any atom is 0.472 e. The summed E-state index contributed by atoms with van der Waals surface area (Å²) in [5.41, 5.74) is 5.33. The number of allylic oxidation sites excluding steroid dienone is 10. The normalized spacial score (nSPS) is 13.9. The third-order valence-electron chi connectivity index (χ3n) is 7.86. The molecule has 0 aromatic carbocycles. The van der Waals surface area contributed by atoms with Crippen molar-refractivity contribution in [1.82, 2.24) is 0 Å². The van der Waals surface area contributed by atoms with Gasteiger partial charge in [0.1, 0.15) is 6.61 Å². The monoisotopic (exact) mass is 751 g/mol. The summed E-state index contributed by atoms with van der Waals surface area (Å²) in [5, 5.41) is 0. The molecular formula is C41H70NO9P. The lowest BCUT2D eigenvalue weighted by Crippen LogP contribution is -2.29. The molecule has 1 unspecified atom stereocenters. The molecule has 0 aliphatic rings. The Morgan fingerprint density at radius 1 is 0.654 bits per heavy atom. The van der Waals surface area contributed by atoms with Crippen molar-refractivity contribution in [1.29, 1.82) is 0 Å². The van der Waals surface area contributed by atoms with Crippen LogP contribution in [-0.2, 0) is 37.5 Å². The van der Waals surface area contributed by atoms with Crippen LogP contribution in [0.4, 0.5) is 0 Å². The number of nitrogens with two attached hydrogens (primary N) is 1. The minimum atomic E-state index is -4.40. The maximum absolute atomic E-state index is 12.5. The molecular weight excluding hydrogens is 681 g/mol. The summed E-state index contributed by atoms with van der Waals surface area (Å²) in [7, 11) is -4.40. The van der Waals surface area contributed by atoms with Crippen LogP contribution in [0.15, 0.2) is 60.8 Å². The highest BCUT2D eigenvalue weighted by atomic mass is 31.2. The van der Waals surface area contributed by atoms with Gasteiger partial charge in [0.15, 0.2) is 11.9 Å². The Labute approximate surface area is 315 Å². The van der Waals surface area contributed by atoms with Gasteiger partial charge in [0.25, 0.3) is 0 Å². The SMILES string of the molecule is CC/C=C\C/C=C\C/C=C\CCCCCCCC(=O)O[C@H](COC(=O)CCCCCCC/C=C\C=C\C(=O)CCCCC)COP(=O)(O)OCCN. The zero-order valence-corrected chi connectivity index (χ0v) is 33.2. The molecule has 0 amide bonds. The Balaban J connectivity index is 4.31. The number of esters is 2. The molecule has 2 atom stereocenters. The fourth-order valence-corrected chi connectivity index (χ4v) is 5.69. The third kappa shape index (κ3) is 35.8. The number of phosphoric ester groups is 1. The Morgan fingerprint density at radius 3 is 1.88 bits per heavy atom. The average Bonchev–Trinajstić information content (AvgIpc) is 3.12. The van der Waals surface area contributed by atoms with E-state index < -0.39 is 32.5 Å². The third-order valence-corrected chi connectivity index (χ3v) is 8.85. The van der Waals surface area contributed by atoms with Gasteiger partial charge in [-0.1, -0.05) is 120 Å². The predicted molar refractivity (Wildman–Crippen MR) is 211 cm³/mol. The van der Waals surface area contributed by atoms with Crippen LogP contribution < -0.4 is 5.73 Å². The Hall–Kier alpha value is -2.62. The van der Waals surface area contributed by atoms with Crippen molar-refractivity contribution in [2.75, 3.05) is 26.4 Å². The zero-order chi connectivity index (χ0) is 38.4. The molecule has 0 aliphatic carbocycles. The molecule has 0 rings (SSSR count). The molecule has 0 saturated heterocycles. The van der Waals surface area contributed by atoms with Crippen molar-refractivity contribution in [2.45, 2.75) is 155 Å². The van der Waals surface area contributed by atoms with Gasteiger partial charge in [0.05, 0.1) is 13.2 Å². The summed E-state index contributed by atoms with van der Waals surface area (Å²) in [6, 6.07) is 0. The van der Waals surface area contributed by atoms with Gasteiger partial charge in [-0.25, -0.2) is 4.57 Å². The topological polar surface area (TPSA) is 151 Å². The van der Waals surface area contributed by atoms with Crippen molar-refractivity contribution in [3.05, 3.63) is 60.8 Å². The first-order valence-electron chi connectivity index (χ1n) is 19.7. The van der Waals surface area contributed by atoms with E-state index in [2.05, 4.69) is 56.4 Å². The maximum atomic E-state index is 12.5. The first kappa shape index (κ1) is 49.4. The van der Waals surface area contributed by atoms with E-state index in [0.717, 1.165) is 103 Å². The van der Waals surface area contributed by atoms with Crippen molar-refractivity contribution >= 4 is 25.5 Å². The van der Waals surface area contributed by atoms with Crippen LogP contribution in [0.25, 0.3) is 0 Å². The van der Waals surface area contributed by atoms with E-state index in [9.17, 15) is 23.8 Å². The second-order valence-corrected chi connectivity index (χ2v) is 14.3. The Morgan fingerprint density at radius 2 is 1.23 bits per heavy atom. The molecule has 0 heterocycles. The van der Waals surface area contributed by atoms with E-state index in [1.807, 2.05) is 12.2 Å². The van der Waals surface area contributed by atoms with Gasteiger partial charge < -0.3 is 20.1 Å². The van der Waals surface area contributed by atoms with Gasteiger partial charge in [-0.2, -0.15) is 0 Å². The summed E-state index contributed by atoms with van der Waals surface area (Å²) in [6.45, 7) is 3.36. The smallest absolute Gasteiger partial charge is 0.462 e. The van der Waals surface area contributed by atoms with Gasteiger partial charge in [-0.15, -0.1) is 0 Å². The molecule has 0 aromatic heterocycles. The second-order valence-electron chi connectivity index (χ2n) is 12.8. The first-order chi connectivity index (χ1) is 25.2. The minimum absolute atomic E-state index is 0.0345. The quantitative estimate of drug-likeness (QED) is 0.0158. The second kappa shape index (κ2) is 36.7. The molecule has 298 valence electrons. The number of hydrogen-bond acceptors (Lipinski definition) is 9. The van der Waals surface area contributed by atoms with E-state index in [1.165, 1.54) is 0 Å². The van der Waals surface area contributed by atoms with Crippen LogP contribution in [0, 0.1) is 0 Å². The van der Waals surface area contributed by atoms with Crippen LogP contribution in [0.3, 0.4) is 0 Å². The number of carbonyl (C=O) groups is 3. The number of ether oxygens (including phenoxy) is 2. The molecule has 0 saturated carbocycles. The molecule has 3 N–H and O–H groups in total. The first-order valence-corrected chi connectivity index (χ1v) is 21.2. The molecule has 11 heteroatoms. The zero-order valence-electron chi connectivity index (χ0n) is 32.3. The number of carbonyl (C=O) groups excluding carboxylic acids is 3. The molecule has 0 spiro atoms. The van der Waals surface area contributed by atoms with Crippen LogP contribution >= 0.6 is 7.82 Å². The minimum Gasteiger partial charge on any atom is -0.462 e. The number of hydrogen-bond donors (Lipinski definition) is 2. The molecule has 0 bridgehead atoms. The van der Waals surface area contributed by atoms with Crippen molar-refractivity contribution < 1.29 is 42.4 Å². The number of unbranched alkanes of at least 4 members (excludes halogenated alkanes) is 12. The number of ketones is 1. The predicted octanol–water partition coefficient (Wildman–Crippen LogP) is 10.1. The fraction of sp³-hybridized carbons (Fsp3) is 0.683. The Bertz CT molecular complexity index is 1100. The summed E-state index contributed by atoms with van der Waals surface area (Å²) in [4.78, 5) is 46.5. The Kier molecular flexibility index (Phi) is 34.9. The number of phosphoric acid groups is 1. The van der Waals surface area contributed by atoms with Crippen molar-refractivity contribution in [2.24, 2.45) is 5.73 Å². The van der Waals surface area contributed by atoms with Gasteiger partial charge in [0.2, 0.25) is 0 Å². The lowest BCUT2D eigenvalue weighted by atomic mass is 10.1. The van der Waals surface area contributed by atoms with E-state index in [4.69, 9.17) is 24.3 Å². The van der Waals surface area contributed by atoms with Gasteiger partial charge >= 0.3 is 19.8 Å². The molecule has 0 aliphatic heterocycles. The van der Waals surface area contributed by atoms with Crippen LogP contribution in [-0.4, -0.2) is 55.1 Å². The molecule has 10 nitrogen and oxygen atoms in total. The molecule has 0 radical (unpaired) electrons. The summed E-state index contributed by atoms with van der Waals surface area (Å²) in [5.74, 6) is -0.742. The van der Waals surface area contributed by atoms with E-state index in [-0.39, 0.29) is 38.4 Å². The van der Waals surface area contributed by atoms with Crippen molar-refractivity contribution in [3.63, 3.8) is 0 Å². The molecule has 52 heavy (non-hydrogen) atoms. The van der Waals surface area contributed by atoms with Crippen LogP contribution in [0.1, 0.15) is 149 Å². The highest BCUT2D eigenvalue weighted by molar-refractivity contribution is 7.47. The fourth-order valence-electron chi connectivity index (χ4n) is 4.92. The van der Waals surface area contributed by atoms with Gasteiger partial charge in [-0.05, 0) is 70.3 Å². The number of rotatable bonds is 36. The van der Waals surface area contributed by atoms with E-state index >= 15 is 0 Å². The van der Waals surface area contributed by atoms with Crippen molar-refractivity contribution in [3.8, 4) is 0 Å². The highest BCUT2D eigenvalue weighted by Crippen LogP contribution is 2.43. The lowest BCUT2D eigenvalue weighted by molar-refractivity contribution is -0.161. The molecule has 0 aromatic rings. The van der Waals surface area contributed by atoms with E-state index in [1.54, 1.807) is 6.08 Å². The molecule has 0 fully saturated rings. The standard InChI is InChI=1S/C41H70NO9P/c1-3-5-7-8-9-10-11-12-13-14-15-18-22-25-29-33-41(45)51-39(37-50-52(46,47)49-35-34-42)36-48-40(44)32-28-24-21-19-16-17-20-23-27-31-38(43)30-26-6-4-2/h5,7,9-10,12-13,20,23,27,31,39H,3-4,6,8,11,14-19,21-22,24-26,28-30,32-37,42H2,1-2H3,(H,46,47)/b7-5-,10-9-,13-12-,23-20-,31-27+/t39-/m1/s1. The summed E-state index contributed by atoms with van der Waals surface area (Å²) < 4.78 is 32.6. The van der Waals surface area contributed by atoms with Crippen LogP contribution in [0.2, 0.25) is 0 Å². The van der Waals surface area contributed by atoms with E-state index in [0.29, 0.717) is 19.3 Å². The average molecular weight is 752 g/mol.